The lowest BCUT2D eigenvalue weighted by Crippen LogP contribution is -2.31. The zero-order valence-electron chi connectivity index (χ0n) is 6.73. The van der Waals surface area contributed by atoms with E-state index in [2.05, 4.69) is 11.3 Å². The molecule has 0 aliphatic heterocycles. The average Bonchev–Trinajstić information content (AvgIpc) is 1.85. The smallest absolute Gasteiger partial charge is 0.335 e. The van der Waals surface area contributed by atoms with Crippen LogP contribution < -0.4 is 0 Å². The van der Waals surface area contributed by atoms with Crippen molar-refractivity contribution in [2.45, 2.75) is 26.1 Å². The number of esters is 1. The first-order valence-electron chi connectivity index (χ1n) is 3.13. The molecule has 0 aliphatic rings. The fraction of sp³-hybridized carbons (Fsp3) is 0.571. The molecule has 0 saturated heterocycles. The first-order valence-corrected chi connectivity index (χ1v) is 3.13. The van der Waals surface area contributed by atoms with Gasteiger partial charge in [-0.25, -0.2) is 4.79 Å². The molecular weight excluding hydrogens is 173 g/mol. The Bertz CT molecular complexity index is 195. The fourth-order valence-electron chi connectivity index (χ4n) is 0.298. The van der Waals surface area contributed by atoms with Crippen LogP contribution in [-0.4, -0.2) is 18.2 Å². The van der Waals surface area contributed by atoms with E-state index in [4.69, 9.17) is 0 Å². The maximum Gasteiger partial charge on any atom is 0.335 e. The molecule has 0 aromatic carbocycles. The van der Waals surface area contributed by atoms with E-state index in [1.807, 2.05) is 0 Å². The molecule has 1 unspecified atom stereocenters. The monoisotopic (exact) mass is 182 g/mol. The van der Waals surface area contributed by atoms with E-state index >= 15 is 0 Å². The Morgan fingerprint density at radius 1 is 1.58 bits per heavy atom. The van der Waals surface area contributed by atoms with Crippen molar-refractivity contribution >= 4 is 5.97 Å². The second kappa shape index (κ2) is 3.60. The van der Waals surface area contributed by atoms with E-state index in [1.165, 1.54) is 6.92 Å². The summed E-state index contributed by atoms with van der Waals surface area (Å²) in [6.45, 7) is 4.67. The zero-order valence-corrected chi connectivity index (χ0v) is 6.73. The third-order valence-corrected chi connectivity index (χ3v) is 0.957. The third-order valence-electron chi connectivity index (χ3n) is 0.957. The van der Waals surface area contributed by atoms with Crippen LogP contribution in [0, 0.1) is 0 Å². The van der Waals surface area contributed by atoms with Gasteiger partial charge >= 0.3 is 18.2 Å². The van der Waals surface area contributed by atoms with Crippen molar-refractivity contribution in [3.8, 4) is 0 Å². The van der Waals surface area contributed by atoms with Gasteiger partial charge < -0.3 is 4.74 Å². The van der Waals surface area contributed by atoms with Crippen LogP contribution in [-0.2, 0) is 9.53 Å². The van der Waals surface area contributed by atoms with Crippen LogP contribution in [0.1, 0.15) is 13.8 Å². The van der Waals surface area contributed by atoms with Crippen molar-refractivity contribution in [3.63, 3.8) is 0 Å². The van der Waals surface area contributed by atoms with Crippen LogP contribution in [0.15, 0.2) is 12.2 Å². The van der Waals surface area contributed by atoms with Crippen molar-refractivity contribution in [2.24, 2.45) is 0 Å². The second-order valence-corrected chi connectivity index (χ2v) is 2.46. The highest BCUT2D eigenvalue weighted by molar-refractivity contribution is 5.87. The van der Waals surface area contributed by atoms with Crippen molar-refractivity contribution in [3.05, 3.63) is 12.2 Å². The van der Waals surface area contributed by atoms with Crippen LogP contribution >= 0.6 is 0 Å². The van der Waals surface area contributed by atoms with Gasteiger partial charge in [-0.05, 0) is 6.92 Å². The third kappa shape index (κ3) is 3.41. The minimum atomic E-state index is -3.68. The quantitative estimate of drug-likeness (QED) is 0.493. The minimum absolute atomic E-state index is 0.123. The molecule has 5 heteroatoms. The molecule has 0 heterocycles. The summed E-state index contributed by atoms with van der Waals surface area (Å²) in [5.41, 5.74) is -0.123. The lowest BCUT2D eigenvalue weighted by atomic mass is 10.3. The van der Waals surface area contributed by atoms with Crippen molar-refractivity contribution in [1.29, 1.82) is 0 Å². The summed E-state index contributed by atoms with van der Waals surface area (Å²) in [6.07, 6.45) is -2.92. The lowest BCUT2D eigenvalue weighted by Gasteiger charge is -2.15. The zero-order chi connectivity index (χ0) is 9.94. The highest BCUT2D eigenvalue weighted by Gasteiger charge is 2.37. The van der Waals surface area contributed by atoms with E-state index in [-0.39, 0.29) is 5.57 Å². The summed E-state index contributed by atoms with van der Waals surface area (Å²) >= 11 is 0. The molecule has 0 saturated carbocycles. The Morgan fingerprint density at radius 3 is 2.25 bits per heavy atom. The second-order valence-electron chi connectivity index (χ2n) is 2.46. The highest BCUT2D eigenvalue weighted by Crippen LogP contribution is 2.21. The van der Waals surface area contributed by atoms with E-state index in [0.717, 1.165) is 0 Å². The molecule has 0 aromatic heterocycles. The number of hydrogen-bond donors (Lipinski definition) is 0. The number of alkyl halides is 3. The normalized spacial score (nSPS) is 13.8. The van der Waals surface area contributed by atoms with Gasteiger partial charge in [0.2, 0.25) is 0 Å². The molecule has 0 aliphatic carbocycles. The molecule has 0 amide bonds. The van der Waals surface area contributed by atoms with Gasteiger partial charge in [-0.2, -0.15) is 13.2 Å². The van der Waals surface area contributed by atoms with Gasteiger partial charge in [-0.3, -0.25) is 0 Å². The van der Waals surface area contributed by atoms with Crippen LogP contribution in [0.2, 0.25) is 0 Å². The standard InChI is InChI=1S/C7H9F3O2/c1-4(2)5(11)12-6(8)7(3,9)10/h6H,1H2,2-3H3. The fourth-order valence-corrected chi connectivity index (χ4v) is 0.298. The van der Waals surface area contributed by atoms with E-state index < -0.39 is 18.2 Å². The summed E-state index contributed by atoms with van der Waals surface area (Å²) in [5, 5.41) is 0. The first-order chi connectivity index (χ1) is 5.25. The predicted molar refractivity (Wildman–Crippen MR) is 36.4 cm³/mol. The van der Waals surface area contributed by atoms with Gasteiger partial charge in [0.05, 0.1) is 0 Å². The van der Waals surface area contributed by atoms with Gasteiger partial charge in [0.25, 0.3) is 0 Å². The number of rotatable bonds is 3. The van der Waals surface area contributed by atoms with E-state index in [9.17, 15) is 18.0 Å². The van der Waals surface area contributed by atoms with Crippen LogP contribution in [0.5, 0.6) is 0 Å². The Hall–Kier alpha value is -1.00. The molecule has 0 N–H and O–H groups in total. The number of halogens is 3. The molecule has 0 fully saturated rings. The SMILES string of the molecule is C=C(C)C(=O)OC(F)C(C)(F)F. The number of ether oxygens (including phenoxy) is 1. The molecular formula is C7H9F3O2. The molecule has 0 spiro atoms. The molecule has 0 rings (SSSR count). The molecule has 1 atom stereocenters. The van der Waals surface area contributed by atoms with Gasteiger partial charge in [0, 0.05) is 12.5 Å². The molecule has 0 bridgehead atoms. The molecule has 12 heavy (non-hydrogen) atoms. The Kier molecular flexibility index (Phi) is 3.30. The highest BCUT2D eigenvalue weighted by atomic mass is 19.3. The summed E-state index contributed by atoms with van der Waals surface area (Å²) < 4.78 is 40.1. The van der Waals surface area contributed by atoms with Crippen molar-refractivity contribution < 1.29 is 22.7 Å². The molecule has 0 radical (unpaired) electrons. The van der Waals surface area contributed by atoms with Crippen LogP contribution in [0.4, 0.5) is 13.2 Å². The van der Waals surface area contributed by atoms with Gasteiger partial charge in [0.15, 0.2) is 0 Å². The van der Waals surface area contributed by atoms with Crippen molar-refractivity contribution in [2.75, 3.05) is 0 Å². The largest absolute Gasteiger partial charge is 0.421 e. The van der Waals surface area contributed by atoms with Crippen molar-refractivity contribution in [1.82, 2.24) is 0 Å². The van der Waals surface area contributed by atoms with Crippen LogP contribution in [0.25, 0.3) is 0 Å². The maximum absolute atomic E-state index is 12.3. The Morgan fingerprint density at radius 2 is 2.00 bits per heavy atom. The number of carbonyl (C=O) groups excluding carboxylic acids is 1. The van der Waals surface area contributed by atoms with Gasteiger partial charge in [-0.1, -0.05) is 6.58 Å². The molecule has 70 valence electrons. The average molecular weight is 182 g/mol. The topological polar surface area (TPSA) is 26.3 Å². The maximum atomic E-state index is 12.3. The first kappa shape index (κ1) is 11.0. The van der Waals surface area contributed by atoms with E-state index in [0.29, 0.717) is 6.92 Å². The Balaban J connectivity index is 4.11. The number of hydrogen-bond acceptors (Lipinski definition) is 2. The van der Waals surface area contributed by atoms with Crippen LogP contribution in [0.3, 0.4) is 0 Å². The van der Waals surface area contributed by atoms with Gasteiger partial charge in [0.1, 0.15) is 0 Å². The minimum Gasteiger partial charge on any atom is -0.421 e. The van der Waals surface area contributed by atoms with E-state index in [1.54, 1.807) is 0 Å². The number of carbonyl (C=O) groups is 1. The molecule has 2 nitrogen and oxygen atoms in total. The summed E-state index contributed by atoms with van der Waals surface area (Å²) in [6, 6.07) is 0. The molecule has 0 aromatic rings. The predicted octanol–water partition coefficient (Wildman–Crippen LogP) is 2.06. The lowest BCUT2D eigenvalue weighted by molar-refractivity contribution is -0.194. The summed E-state index contributed by atoms with van der Waals surface area (Å²) in [4.78, 5) is 10.5. The van der Waals surface area contributed by atoms with Gasteiger partial charge in [-0.15, -0.1) is 0 Å². The summed E-state index contributed by atoms with van der Waals surface area (Å²) in [5.74, 6) is -4.84. The Labute approximate surface area is 68.0 Å². The summed E-state index contributed by atoms with van der Waals surface area (Å²) in [7, 11) is 0.